The summed E-state index contributed by atoms with van der Waals surface area (Å²) in [5.74, 6) is 0. The first-order valence-electron chi connectivity index (χ1n) is 6.54. The van der Waals surface area contributed by atoms with Crippen LogP contribution >= 0.6 is 11.8 Å². The van der Waals surface area contributed by atoms with E-state index in [0.29, 0.717) is 6.42 Å². The van der Waals surface area contributed by atoms with Gasteiger partial charge in [-0.25, -0.2) is 0 Å². The highest BCUT2D eigenvalue weighted by atomic mass is 32.2. The highest BCUT2D eigenvalue weighted by Gasteiger charge is 2.25. The van der Waals surface area contributed by atoms with E-state index in [0.717, 1.165) is 18.3 Å². The first-order chi connectivity index (χ1) is 8.85. The summed E-state index contributed by atoms with van der Waals surface area (Å²) in [7, 11) is 0. The van der Waals surface area contributed by atoms with Gasteiger partial charge in [0.2, 0.25) is 0 Å². The number of likely N-dealkylation sites (tertiary alicyclic amines) is 1. The Balaban J connectivity index is 2.05. The van der Waals surface area contributed by atoms with Gasteiger partial charge in [-0.05, 0) is 37.8 Å². The Morgan fingerprint density at radius 2 is 2.00 bits per heavy atom. The standard InChI is InChI=1S/C15H20N2S/c1-18-14-8-11-17(12-9-14)15(7-10-16)13-5-3-2-4-6-13/h2-6,14-15H,7-9,11-12H2,1H3. The fourth-order valence-corrected chi connectivity index (χ4v) is 3.32. The minimum absolute atomic E-state index is 0.277. The van der Waals surface area contributed by atoms with E-state index < -0.39 is 0 Å². The van der Waals surface area contributed by atoms with E-state index in [-0.39, 0.29) is 6.04 Å². The van der Waals surface area contributed by atoms with Crippen molar-refractivity contribution in [2.24, 2.45) is 0 Å². The average molecular weight is 260 g/mol. The largest absolute Gasteiger partial charge is 0.295 e. The summed E-state index contributed by atoms with van der Waals surface area (Å²) in [6, 6.07) is 13.1. The van der Waals surface area contributed by atoms with Gasteiger partial charge in [0.15, 0.2) is 0 Å². The van der Waals surface area contributed by atoms with Crippen LogP contribution in [0.2, 0.25) is 0 Å². The van der Waals surface area contributed by atoms with E-state index in [1.54, 1.807) is 0 Å². The molecule has 1 unspecified atom stereocenters. The minimum Gasteiger partial charge on any atom is -0.295 e. The molecule has 1 aliphatic heterocycles. The quantitative estimate of drug-likeness (QED) is 0.829. The Morgan fingerprint density at radius 1 is 1.33 bits per heavy atom. The number of nitriles is 1. The first-order valence-corrected chi connectivity index (χ1v) is 7.82. The molecule has 1 heterocycles. The van der Waals surface area contributed by atoms with Gasteiger partial charge in [0, 0.05) is 11.3 Å². The molecule has 1 saturated heterocycles. The summed E-state index contributed by atoms with van der Waals surface area (Å²) in [6.07, 6.45) is 5.28. The van der Waals surface area contributed by atoms with Crippen LogP contribution in [0.5, 0.6) is 0 Å². The summed E-state index contributed by atoms with van der Waals surface area (Å²) < 4.78 is 0. The molecule has 0 aliphatic carbocycles. The lowest BCUT2D eigenvalue weighted by Gasteiger charge is -2.36. The molecule has 2 nitrogen and oxygen atoms in total. The van der Waals surface area contributed by atoms with Crippen LogP contribution in [0.25, 0.3) is 0 Å². The Labute approximate surface area is 114 Å². The zero-order valence-electron chi connectivity index (χ0n) is 10.9. The molecule has 3 heteroatoms. The lowest BCUT2D eigenvalue weighted by molar-refractivity contribution is 0.168. The molecular weight excluding hydrogens is 240 g/mol. The molecule has 0 amide bonds. The minimum atomic E-state index is 0.277. The molecule has 2 rings (SSSR count). The average Bonchev–Trinajstić information content (AvgIpc) is 2.46. The second-order valence-corrected chi connectivity index (χ2v) is 5.90. The SMILES string of the molecule is CSC1CCN(C(CC#N)c2ccccc2)CC1. The van der Waals surface area contributed by atoms with E-state index >= 15 is 0 Å². The number of benzene rings is 1. The maximum absolute atomic E-state index is 9.05. The molecule has 0 aromatic heterocycles. The van der Waals surface area contributed by atoms with Gasteiger partial charge in [-0.1, -0.05) is 30.3 Å². The van der Waals surface area contributed by atoms with Gasteiger partial charge in [-0.15, -0.1) is 0 Å². The third kappa shape index (κ3) is 3.28. The Hall–Kier alpha value is -0.980. The fourth-order valence-electron chi connectivity index (χ4n) is 2.64. The molecule has 1 fully saturated rings. The molecule has 0 spiro atoms. The molecule has 1 aromatic carbocycles. The third-order valence-corrected chi connectivity index (χ3v) is 4.86. The highest BCUT2D eigenvalue weighted by molar-refractivity contribution is 7.99. The molecule has 0 bridgehead atoms. The van der Waals surface area contributed by atoms with E-state index in [1.165, 1.54) is 18.4 Å². The zero-order valence-corrected chi connectivity index (χ0v) is 11.7. The zero-order chi connectivity index (χ0) is 12.8. The topological polar surface area (TPSA) is 27.0 Å². The second-order valence-electron chi connectivity index (χ2n) is 4.76. The van der Waals surface area contributed by atoms with Crippen LogP contribution < -0.4 is 0 Å². The number of nitrogens with zero attached hydrogens (tertiary/aromatic N) is 2. The van der Waals surface area contributed by atoms with Crippen molar-refractivity contribution < 1.29 is 0 Å². The molecule has 1 atom stereocenters. The molecule has 0 N–H and O–H groups in total. The van der Waals surface area contributed by atoms with Gasteiger partial charge in [0.1, 0.15) is 0 Å². The van der Waals surface area contributed by atoms with Gasteiger partial charge >= 0.3 is 0 Å². The molecule has 1 aliphatic rings. The summed E-state index contributed by atoms with van der Waals surface area (Å²) in [6.45, 7) is 2.24. The normalized spacial score (nSPS) is 19.3. The predicted octanol–water partition coefficient (Wildman–Crippen LogP) is 3.47. The van der Waals surface area contributed by atoms with Crippen molar-refractivity contribution in [1.29, 1.82) is 5.26 Å². The number of piperidine rings is 1. The Bertz CT molecular complexity index is 391. The summed E-state index contributed by atoms with van der Waals surface area (Å²) >= 11 is 1.98. The lowest BCUT2D eigenvalue weighted by atomic mass is 9.99. The van der Waals surface area contributed by atoms with Gasteiger partial charge in [-0.2, -0.15) is 17.0 Å². The summed E-state index contributed by atoms with van der Waals surface area (Å²) in [5.41, 5.74) is 1.28. The maximum Gasteiger partial charge on any atom is 0.0641 e. The van der Waals surface area contributed by atoms with Crippen molar-refractivity contribution in [2.45, 2.75) is 30.6 Å². The molecule has 1 aromatic rings. The van der Waals surface area contributed by atoms with Crippen LogP contribution in [0, 0.1) is 11.3 Å². The third-order valence-electron chi connectivity index (χ3n) is 3.72. The van der Waals surface area contributed by atoms with E-state index in [2.05, 4.69) is 41.5 Å². The van der Waals surface area contributed by atoms with Gasteiger partial charge in [0.25, 0.3) is 0 Å². The van der Waals surface area contributed by atoms with Crippen molar-refractivity contribution >= 4 is 11.8 Å². The molecule has 96 valence electrons. The van der Waals surface area contributed by atoms with Crippen molar-refractivity contribution in [3.63, 3.8) is 0 Å². The Morgan fingerprint density at radius 3 is 2.56 bits per heavy atom. The van der Waals surface area contributed by atoms with Crippen molar-refractivity contribution in [3.05, 3.63) is 35.9 Å². The van der Waals surface area contributed by atoms with Crippen LogP contribution in [0.3, 0.4) is 0 Å². The fraction of sp³-hybridized carbons (Fsp3) is 0.533. The number of rotatable bonds is 4. The summed E-state index contributed by atoms with van der Waals surface area (Å²) in [4.78, 5) is 2.48. The molecule has 0 saturated carbocycles. The molecule has 0 radical (unpaired) electrons. The number of hydrogen-bond donors (Lipinski definition) is 0. The van der Waals surface area contributed by atoms with Gasteiger partial charge in [-0.3, -0.25) is 4.90 Å². The van der Waals surface area contributed by atoms with E-state index in [4.69, 9.17) is 5.26 Å². The van der Waals surface area contributed by atoms with E-state index in [9.17, 15) is 0 Å². The second kappa shape index (κ2) is 6.82. The van der Waals surface area contributed by atoms with Crippen LogP contribution in [-0.2, 0) is 0 Å². The van der Waals surface area contributed by atoms with Gasteiger partial charge in [0.05, 0.1) is 12.5 Å². The highest BCUT2D eigenvalue weighted by Crippen LogP contribution is 2.29. The predicted molar refractivity (Wildman–Crippen MR) is 77.5 cm³/mol. The maximum atomic E-state index is 9.05. The van der Waals surface area contributed by atoms with Crippen LogP contribution in [0.15, 0.2) is 30.3 Å². The smallest absolute Gasteiger partial charge is 0.0641 e. The van der Waals surface area contributed by atoms with Crippen molar-refractivity contribution in [1.82, 2.24) is 4.90 Å². The molecular formula is C15H20N2S. The Kier molecular flexibility index (Phi) is 5.10. The van der Waals surface area contributed by atoms with Gasteiger partial charge < -0.3 is 0 Å². The van der Waals surface area contributed by atoms with E-state index in [1.807, 2.05) is 17.8 Å². The molecule has 18 heavy (non-hydrogen) atoms. The summed E-state index contributed by atoms with van der Waals surface area (Å²) in [5, 5.41) is 9.85. The van der Waals surface area contributed by atoms with Crippen LogP contribution in [0.4, 0.5) is 0 Å². The van der Waals surface area contributed by atoms with Crippen LogP contribution in [0.1, 0.15) is 30.9 Å². The first kappa shape index (κ1) is 13.5. The lowest BCUT2D eigenvalue weighted by Crippen LogP contribution is -2.37. The van der Waals surface area contributed by atoms with Crippen molar-refractivity contribution in [3.8, 4) is 6.07 Å². The van der Waals surface area contributed by atoms with Crippen molar-refractivity contribution in [2.75, 3.05) is 19.3 Å². The number of hydrogen-bond acceptors (Lipinski definition) is 3. The van der Waals surface area contributed by atoms with Crippen LogP contribution in [-0.4, -0.2) is 29.5 Å². The monoisotopic (exact) mass is 260 g/mol. The number of thioether (sulfide) groups is 1.